The van der Waals surface area contributed by atoms with E-state index >= 15 is 0 Å². The first-order valence-electron chi connectivity index (χ1n) is 6.22. The van der Waals surface area contributed by atoms with Gasteiger partial charge in [-0.1, -0.05) is 0 Å². The molecule has 1 aromatic heterocycles. The highest BCUT2D eigenvalue weighted by Gasteiger charge is 2.52. The standard InChI is InChI=1S/C13H21N3/c1-9-10(2)14-16(11(9)3)12-5-13(6-12)7-15(4)8-13/h12H,5-8H2,1-4H3. The quantitative estimate of drug-likeness (QED) is 0.721. The van der Waals surface area contributed by atoms with Gasteiger partial charge in [0.25, 0.3) is 0 Å². The van der Waals surface area contributed by atoms with E-state index in [4.69, 9.17) is 0 Å². The lowest BCUT2D eigenvalue weighted by molar-refractivity contribution is -0.0791. The molecule has 0 radical (unpaired) electrons. The first-order chi connectivity index (χ1) is 7.51. The third kappa shape index (κ3) is 1.27. The summed E-state index contributed by atoms with van der Waals surface area (Å²) in [4.78, 5) is 2.42. The summed E-state index contributed by atoms with van der Waals surface area (Å²) >= 11 is 0. The predicted octanol–water partition coefficient (Wildman–Crippen LogP) is 2.08. The van der Waals surface area contributed by atoms with E-state index in [1.807, 2.05) is 0 Å². The van der Waals surface area contributed by atoms with Crippen LogP contribution in [0.2, 0.25) is 0 Å². The third-order valence-corrected chi connectivity index (χ3v) is 4.58. The van der Waals surface area contributed by atoms with Gasteiger partial charge in [0, 0.05) is 18.8 Å². The van der Waals surface area contributed by atoms with Gasteiger partial charge in [0.15, 0.2) is 0 Å². The van der Waals surface area contributed by atoms with Crippen molar-refractivity contribution in [3.8, 4) is 0 Å². The van der Waals surface area contributed by atoms with Crippen LogP contribution in [0.15, 0.2) is 0 Å². The average molecular weight is 219 g/mol. The molecule has 3 nitrogen and oxygen atoms in total. The monoisotopic (exact) mass is 219 g/mol. The predicted molar refractivity (Wildman–Crippen MR) is 64.6 cm³/mol. The van der Waals surface area contributed by atoms with Crippen LogP contribution < -0.4 is 0 Å². The van der Waals surface area contributed by atoms with E-state index in [1.165, 1.54) is 42.9 Å². The van der Waals surface area contributed by atoms with Gasteiger partial charge in [-0.2, -0.15) is 5.10 Å². The zero-order valence-corrected chi connectivity index (χ0v) is 10.7. The molecule has 0 bridgehead atoms. The van der Waals surface area contributed by atoms with E-state index < -0.39 is 0 Å². The van der Waals surface area contributed by atoms with Crippen molar-refractivity contribution in [1.82, 2.24) is 14.7 Å². The lowest BCUT2D eigenvalue weighted by atomic mass is 9.61. The highest BCUT2D eigenvalue weighted by molar-refractivity contribution is 5.23. The Bertz CT molecular complexity index is 419. The van der Waals surface area contributed by atoms with Crippen molar-refractivity contribution in [3.05, 3.63) is 17.0 Å². The number of hydrogen-bond donors (Lipinski definition) is 0. The van der Waals surface area contributed by atoms with Crippen molar-refractivity contribution in [2.75, 3.05) is 20.1 Å². The third-order valence-electron chi connectivity index (χ3n) is 4.58. The summed E-state index contributed by atoms with van der Waals surface area (Å²) in [5.74, 6) is 0. The number of nitrogens with zero attached hydrogens (tertiary/aromatic N) is 3. The molecule has 1 aliphatic heterocycles. The van der Waals surface area contributed by atoms with E-state index in [1.54, 1.807) is 0 Å². The molecule has 0 N–H and O–H groups in total. The van der Waals surface area contributed by atoms with Crippen LogP contribution in [-0.2, 0) is 0 Å². The van der Waals surface area contributed by atoms with Gasteiger partial charge in [0.05, 0.1) is 11.7 Å². The lowest BCUT2D eigenvalue weighted by Crippen LogP contribution is -2.60. The van der Waals surface area contributed by atoms with Crippen LogP contribution in [-0.4, -0.2) is 34.8 Å². The van der Waals surface area contributed by atoms with E-state index in [0.29, 0.717) is 11.5 Å². The normalized spacial score (nSPS) is 24.5. The van der Waals surface area contributed by atoms with Gasteiger partial charge in [-0.05, 0) is 51.6 Å². The fourth-order valence-electron chi connectivity index (χ4n) is 3.57. The van der Waals surface area contributed by atoms with Crippen LogP contribution in [0.25, 0.3) is 0 Å². The molecule has 3 rings (SSSR count). The molecular weight excluding hydrogens is 198 g/mol. The van der Waals surface area contributed by atoms with Crippen molar-refractivity contribution in [1.29, 1.82) is 0 Å². The Balaban J connectivity index is 1.74. The van der Waals surface area contributed by atoms with E-state index in [2.05, 4.69) is 42.5 Å². The zero-order chi connectivity index (χ0) is 11.5. The summed E-state index contributed by atoms with van der Waals surface area (Å²) < 4.78 is 2.27. The Morgan fingerprint density at radius 2 is 1.81 bits per heavy atom. The molecule has 1 aromatic rings. The Labute approximate surface area is 97.4 Å². The summed E-state index contributed by atoms with van der Waals surface area (Å²) in [7, 11) is 2.21. The van der Waals surface area contributed by atoms with Gasteiger partial charge in [-0.25, -0.2) is 0 Å². The summed E-state index contributed by atoms with van der Waals surface area (Å²) in [6.45, 7) is 9.08. The van der Waals surface area contributed by atoms with Gasteiger partial charge >= 0.3 is 0 Å². The molecule has 0 aromatic carbocycles. The second-order valence-electron chi connectivity index (χ2n) is 5.97. The van der Waals surface area contributed by atoms with Gasteiger partial charge in [0.2, 0.25) is 0 Å². The van der Waals surface area contributed by atoms with Crippen molar-refractivity contribution in [3.63, 3.8) is 0 Å². The zero-order valence-electron chi connectivity index (χ0n) is 10.7. The van der Waals surface area contributed by atoms with Gasteiger partial charge in [0.1, 0.15) is 0 Å². The number of rotatable bonds is 1. The Kier molecular flexibility index (Phi) is 2.00. The number of aryl methyl sites for hydroxylation is 1. The summed E-state index contributed by atoms with van der Waals surface area (Å²) in [6.07, 6.45) is 2.66. The molecular formula is C13H21N3. The molecule has 0 amide bonds. The van der Waals surface area contributed by atoms with Crippen LogP contribution in [0.3, 0.4) is 0 Å². The summed E-state index contributed by atoms with van der Waals surface area (Å²) in [5, 5.41) is 4.68. The average Bonchev–Trinajstić information content (AvgIpc) is 2.37. The highest BCUT2D eigenvalue weighted by Crippen LogP contribution is 2.53. The van der Waals surface area contributed by atoms with Crippen LogP contribution >= 0.6 is 0 Å². The molecule has 1 aliphatic carbocycles. The maximum atomic E-state index is 4.68. The highest BCUT2D eigenvalue weighted by atomic mass is 15.3. The first-order valence-corrected chi connectivity index (χ1v) is 6.22. The lowest BCUT2D eigenvalue weighted by Gasteiger charge is -2.58. The Morgan fingerprint density at radius 3 is 2.25 bits per heavy atom. The largest absolute Gasteiger partial charge is 0.305 e. The van der Waals surface area contributed by atoms with Crippen LogP contribution in [0.4, 0.5) is 0 Å². The molecule has 16 heavy (non-hydrogen) atoms. The maximum absolute atomic E-state index is 4.68. The minimum atomic E-state index is 0.652. The van der Waals surface area contributed by atoms with Crippen molar-refractivity contribution in [2.45, 2.75) is 39.7 Å². The first kappa shape index (κ1) is 10.3. The van der Waals surface area contributed by atoms with Crippen LogP contribution in [0.1, 0.15) is 35.8 Å². The second kappa shape index (κ2) is 3.10. The fourth-order valence-corrected chi connectivity index (χ4v) is 3.57. The van der Waals surface area contributed by atoms with Crippen molar-refractivity contribution in [2.24, 2.45) is 5.41 Å². The van der Waals surface area contributed by atoms with Crippen molar-refractivity contribution >= 4 is 0 Å². The van der Waals surface area contributed by atoms with Gasteiger partial charge in [-0.15, -0.1) is 0 Å². The number of likely N-dealkylation sites (tertiary alicyclic amines) is 1. The molecule has 88 valence electrons. The molecule has 1 saturated carbocycles. The van der Waals surface area contributed by atoms with Crippen molar-refractivity contribution < 1.29 is 0 Å². The van der Waals surface area contributed by atoms with E-state index in [9.17, 15) is 0 Å². The number of hydrogen-bond acceptors (Lipinski definition) is 2. The SMILES string of the molecule is Cc1nn(C2CC3(C2)CN(C)C3)c(C)c1C. The summed E-state index contributed by atoms with van der Waals surface area (Å²) in [6, 6.07) is 0.668. The van der Waals surface area contributed by atoms with Gasteiger partial charge in [-0.3, -0.25) is 4.68 Å². The maximum Gasteiger partial charge on any atom is 0.0625 e. The van der Waals surface area contributed by atoms with Gasteiger partial charge < -0.3 is 4.90 Å². The Morgan fingerprint density at radius 1 is 1.19 bits per heavy atom. The van der Waals surface area contributed by atoms with E-state index in [-0.39, 0.29) is 0 Å². The molecule has 1 spiro atoms. The minimum Gasteiger partial charge on any atom is -0.305 e. The topological polar surface area (TPSA) is 21.1 Å². The molecule has 1 saturated heterocycles. The molecule has 2 heterocycles. The smallest absolute Gasteiger partial charge is 0.0625 e. The van der Waals surface area contributed by atoms with E-state index in [0.717, 1.165) is 0 Å². The molecule has 0 atom stereocenters. The molecule has 0 unspecified atom stereocenters. The van der Waals surface area contributed by atoms with Crippen LogP contribution in [0, 0.1) is 26.2 Å². The molecule has 3 heteroatoms. The summed E-state index contributed by atoms with van der Waals surface area (Å²) in [5.41, 5.74) is 4.58. The Hall–Kier alpha value is -0.830. The molecule has 2 aliphatic rings. The molecule has 2 fully saturated rings. The number of aromatic nitrogens is 2. The minimum absolute atomic E-state index is 0.652. The fraction of sp³-hybridized carbons (Fsp3) is 0.769. The second-order valence-corrected chi connectivity index (χ2v) is 5.97. The van der Waals surface area contributed by atoms with Crippen LogP contribution in [0.5, 0.6) is 0 Å².